The molecule has 1 heterocycles. The number of hydrogen-bond donors (Lipinski definition) is 2. The van der Waals surface area contributed by atoms with E-state index in [1.807, 2.05) is 6.92 Å². The Balaban J connectivity index is 2.37. The second kappa shape index (κ2) is 6.59. The molecule has 1 aliphatic rings. The zero-order chi connectivity index (χ0) is 12.8. The van der Waals surface area contributed by atoms with Crippen LogP contribution in [-0.2, 0) is 9.59 Å². The third-order valence-corrected chi connectivity index (χ3v) is 3.42. The van der Waals surface area contributed by atoms with Gasteiger partial charge in [-0.05, 0) is 32.2 Å². The number of hydrogen-bond acceptors (Lipinski definition) is 3. The molecule has 0 aliphatic carbocycles. The topological polar surface area (TPSA) is 83.6 Å². The molecule has 0 saturated carbocycles. The van der Waals surface area contributed by atoms with E-state index >= 15 is 0 Å². The van der Waals surface area contributed by atoms with Crippen LogP contribution in [0.1, 0.15) is 32.6 Å². The van der Waals surface area contributed by atoms with E-state index < -0.39 is 5.97 Å². The van der Waals surface area contributed by atoms with E-state index in [1.165, 1.54) is 0 Å². The van der Waals surface area contributed by atoms with Crippen molar-refractivity contribution in [1.82, 2.24) is 4.90 Å². The average molecular weight is 242 g/mol. The summed E-state index contributed by atoms with van der Waals surface area (Å²) in [4.78, 5) is 24.6. The molecule has 1 rings (SSSR count). The number of likely N-dealkylation sites (tertiary alicyclic amines) is 1. The summed E-state index contributed by atoms with van der Waals surface area (Å²) in [7, 11) is 0. The summed E-state index contributed by atoms with van der Waals surface area (Å²) in [5.41, 5.74) is 5.42. The van der Waals surface area contributed by atoms with E-state index in [1.54, 1.807) is 4.90 Å². The van der Waals surface area contributed by atoms with Gasteiger partial charge in [0, 0.05) is 19.0 Å². The van der Waals surface area contributed by atoms with E-state index in [9.17, 15) is 9.59 Å². The molecule has 0 spiro atoms. The van der Waals surface area contributed by atoms with Gasteiger partial charge in [0.05, 0.1) is 5.92 Å². The molecule has 3 N–H and O–H groups in total. The molecule has 0 radical (unpaired) electrons. The lowest BCUT2D eigenvalue weighted by atomic mass is 9.95. The average Bonchev–Trinajstić information content (AvgIpc) is 2.35. The minimum atomic E-state index is -0.742. The summed E-state index contributed by atoms with van der Waals surface area (Å²) in [5, 5.41) is 8.87. The summed E-state index contributed by atoms with van der Waals surface area (Å²) >= 11 is 0. The Morgan fingerprint density at radius 1 is 1.41 bits per heavy atom. The lowest BCUT2D eigenvalue weighted by Crippen LogP contribution is -2.42. The van der Waals surface area contributed by atoms with Crippen molar-refractivity contribution in [3.05, 3.63) is 0 Å². The first kappa shape index (κ1) is 14.0. The highest BCUT2D eigenvalue weighted by atomic mass is 16.4. The van der Waals surface area contributed by atoms with Crippen molar-refractivity contribution < 1.29 is 14.7 Å². The van der Waals surface area contributed by atoms with Crippen molar-refractivity contribution in [3.63, 3.8) is 0 Å². The second-order valence-electron chi connectivity index (χ2n) is 4.77. The minimum Gasteiger partial charge on any atom is -0.481 e. The first-order chi connectivity index (χ1) is 8.06. The van der Waals surface area contributed by atoms with Crippen LogP contribution in [0.15, 0.2) is 0 Å². The van der Waals surface area contributed by atoms with Gasteiger partial charge in [-0.1, -0.05) is 6.92 Å². The van der Waals surface area contributed by atoms with Crippen LogP contribution in [0, 0.1) is 11.8 Å². The van der Waals surface area contributed by atoms with Gasteiger partial charge >= 0.3 is 5.97 Å². The number of carboxylic acids is 1. The molecule has 0 aromatic rings. The molecule has 1 unspecified atom stereocenters. The Bertz CT molecular complexity index is 273. The second-order valence-corrected chi connectivity index (χ2v) is 4.77. The van der Waals surface area contributed by atoms with E-state index in [0.29, 0.717) is 32.5 Å². The number of carbonyl (C=O) groups is 2. The van der Waals surface area contributed by atoms with Gasteiger partial charge in [-0.2, -0.15) is 0 Å². The lowest BCUT2D eigenvalue weighted by Gasteiger charge is -2.32. The molecule has 1 atom stereocenters. The van der Waals surface area contributed by atoms with Gasteiger partial charge in [-0.3, -0.25) is 9.59 Å². The minimum absolute atomic E-state index is 0.0000666. The maximum Gasteiger partial charge on any atom is 0.306 e. The van der Waals surface area contributed by atoms with Crippen molar-refractivity contribution >= 4 is 11.9 Å². The fraction of sp³-hybridized carbons (Fsp3) is 0.833. The Kier molecular flexibility index (Phi) is 5.41. The zero-order valence-corrected chi connectivity index (χ0v) is 10.4. The van der Waals surface area contributed by atoms with Crippen LogP contribution in [0.3, 0.4) is 0 Å². The number of carbonyl (C=O) groups excluding carboxylic acids is 1. The molecule has 17 heavy (non-hydrogen) atoms. The van der Waals surface area contributed by atoms with Crippen LogP contribution in [0.25, 0.3) is 0 Å². The highest BCUT2D eigenvalue weighted by Crippen LogP contribution is 2.20. The Morgan fingerprint density at radius 3 is 2.47 bits per heavy atom. The molecule has 1 fully saturated rings. The Hall–Kier alpha value is -1.10. The molecular weight excluding hydrogens is 220 g/mol. The maximum atomic E-state index is 12.0. The predicted molar refractivity (Wildman–Crippen MR) is 64.4 cm³/mol. The fourth-order valence-electron chi connectivity index (χ4n) is 2.21. The smallest absolute Gasteiger partial charge is 0.306 e. The number of piperidine rings is 1. The molecule has 0 aromatic heterocycles. The van der Waals surface area contributed by atoms with Crippen molar-refractivity contribution in [2.24, 2.45) is 17.6 Å². The molecule has 1 amide bonds. The molecular formula is C12H22N2O3. The zero-order valence-electron chi connectivity index (χ0n) is 10.4. The van der Waals surface area contributed by atoms with Gasteiger partial charge in [0.15, 0.2) is 0 Å². The number of aliphatic carboxylic acids is 1. The van der Waals surface area contributed by atoms with Gasteiger partial charge in [0.2, 0.25) is 5.91 Å². The standard InChI is InChI=1S/C12H22N2O3/c1-9(3-2-6-13)11(15)14-7-4-10(5-8-14)12(16)17/h9-10H,2-8,13H2,1H3,(H,16,17). The first-order valence-corrected chi connectivity index (χ1v) is 6.28. The van der Waals surface area contributed by atoms with Crippen LogP contribution in [-0.4, -0.2) is 41.5 Å². The fourth-order valence-corrected chi connectivity index (χ4v) is 2.21. The highest BCUT2D eigenvalue weighted by Gasteiger charge is 2.28. The Labute approximate surface area is 102 Å². The Morgan fingerprint density at radius 2 is 2.00 bits per heavy atom. The van der Waals surface area contributed by atoms with E-state index in [4.69, 9.17) is 10.8 Å². The number of carboxylic acid groups (broad SMARTS) is 1. The van der Waals surface area contributed by atoms with Gasteiger partial charge in [0.1, 0.15) is 0 Å². The summed E-state index contributed by atoms with van der Waals surface area (Å²) < 4.78 is 0. The molecule has 5 nitrogen and oxygen atoms in total. The molecule has 98 valence electrons. The van der Waals surface area contributed by atoms with Crippen molar-refractivity contribution in [3.8, 4) is 0 Å². The maximum absolute atomic E-state index is 12.0. The third-order valence-electron chi connectivity index (χ3n) is 3.42. The van der Waals surface area contributed by atoms with Gasteiger partial charge in [-0.25, -0.2) is 0 Å². The van der Waals surface area contributed by atoms with Gasteiger partial charge in [-0.15, -0.1) is 0 Å². The van der Waals surface area contributed by atoms with Gasteiger partial charge < -0.3 is 15.7 Å². The molecule has 1 aliphatic heterocycles. The van der Waals surface area contributed by atoms with Crippen molar-refractivity contribution in [1.29, 1.82) is 0 Å². The quantitative estimate of drug-likeness (QED) is 0.742. The third kappa shape index (κ3) is 4.00. The predicted octanol–water partition coefficient (Wildman–Crippen LogP) is 0.685. The van der Waals surface area contributed by atoms with Crippen molar-refractivity contribution in [2.75, 3.05) is 19.6 Å². The summed E-state index contributed by atoms with van der Waals surface area (Å²) in [5.74, 6) is -0.881. The molecule has 0 aromatic carbocycles. The first-order valence-electron chi connectivity index (χ1n) is 6.28. The van der Waals surface area contributed by atoms with Crippen LogP contribution >= 0.6 is 0 Å². The summed E-state index contributed by atoms with van der Waals surface area (Å²) in [6.07, 6.45) is 2.82. The monoisotopic (exact) mass is 242 g/mol. The highest BCUT2D eigenvalue weighted by molar-refractivity contribution is 5.79. The van der Waals surface area contributed by atoms with Crippen LogP contribution in [0.4, 0.5) is 0 Å². The van der Waals surface area contributed by atoms with E-state index in [2.05, 4.69) is 0 Å². The summed E-state index contributed by atoms with van der Waals surface area (Å²) in [6.45, 7) is 3.67. The van der Waals surface area contributed by atoms with Crippen LogP contribution in [0.2, 0.25) is 0 Å². The van der Waals surface area contributed by atoms with E-state index in [0.717, 1.165) is 12.8 Å². The normalized spacial score (nSPS) is 19.1. The molecule has 5 heteroatoms. The summed E-state index contributed by atoms with van der Waals surface area (Å²) in [6, 6.07) is 0. The van der Waals surface area contributed by atoms with E-state index in [-0.39, 0.29) is 17.7 Å². The number of nitrogens with zero attached hydrogens (tertiary/aromatic N) is 1. The SMILES string of the molecule is CC(CCCN)C(=O)N1CCC(C(=O)O)CC1. The van der Waals surface area contributed by atoms with Crippen molar-refractivity contribution in [2.45, 2.75) is 32.6 Å². The lowest BCUT2D eigenvalue weighted by molar-refractivity contribution is -0.146. The number of amides is 1. The van der Waals surface area contributed by atoms with Gasteiger partial charge in [0.25, 0.3) is 0 Å². The number of nitrogens with two attached hydrogens (primary N) is 1. The molecule has 0 bridgehead atoms. The largest absolute Gasteiger partial charge is 0.481 e. The number of rotatable bonds is 5. The molecule has 1 saturated heterocycles. The van der Waals surface area contributed by atoms with Crippen LogP contribution < -0.4 is 5.73 Å². The van der Waals surface area contributed by atoms with Crippen LogP contribution in [0.5, 0.6) is 0 Å².